The van der Waals surface area contributed by atoms with Crippen LogP contribution in [0.4, 0.5) is 0 Å². The molecule has 1 heterocycles. The highest BCUT2D eigenvalue weighted by Gasteiger charge is 2.44. The van der Waals surface area contributed by atoms with E-state index in [9.17, 15) is 35.4 Å². The molecule has 8 atom stereocenters. The van der Waals surface area contributed by atoms with E-state index in [-0.39, 0.29) is 6.61 Å². The average molecular weight is 728 g/mol. The molecule has 0 bridgehead atoms. The highest BCUT2D eigenvalue weighted by atomic mass is 16.7. The van der Waals surface area contributed by atoms with Gasteiger partial charge in [-0.25, -0.2) is 0 Å². The number of carbonyl (C=O) groups is 1. The number of nitrogens with one attached hydrogen (secondary N) is 1. The lowest BCUT2D eigenvalue weighted by atomic mass is 9.99. The second-order valence-electron chi connectivity index (χ2n) is 14.8. The molecule has 1 saturated heterocycles. The van der Waals surface area contributed by atoms with Crippen molar-refractivity contribution in [3.05, 3.63) is 23.8 Å². The van der Waals surface area contributed by atoms with Crippen LogP contribution in [0.3, 0.4) is 0 Å². The van der Waals surface area contributed by atoms with Crippen LogP contribution in [0.2, 0.25) is 0 Å². The Hall–Kier alpha value is -1.37. The lowest BCUT2D eigenvalue weighted by Crippen LogP contribution is -2.60. The summed E-state index contributed by atoms with van der Waals surface area (Å²) in [5, 5.41) is 64.5. The summed E-state index contributed by atoms with van der Waals surface area (Å²) in [4.78, 5) is 13.0. The summed E-state index contributed by atoms with van der Waals surface area (Å²) in [5.74, 6) is -0.628. The molecule has 0 spiro atoms. The van der Waals surface area contributed by atoms with Gasteiger partial charge in [-0.05, 0) is 39.0 Å². The Morgan fingerprint density at radius 3 is 1.82 bits per heavy atom. The van der Waals surface area contributed by atoms with Crippen molar-refractivity contribution in [3.8, 4) is 0 Å². The summed E-state index contributed by atoms with van der Waals surface area (Å²) in [7, 11) is 0. The van der Waals surface area contributed by atoms with E-state index in [1.807, 2.05) is 6.08 Å². The standard InChI is InChI=1S/C41H77NO9/c1-4-6-8-10-12-13-14-15-16-18-20-24-29-35(45)40(49)42-33(31-50-41-39(48)38(47)37(46)36(30-43)51-41)34(44)28-25-21-23-27-32(3)26-22-19-17-11-9-7-5-2/h25,27-28,33-39,41,43-48H,4-24,26,29-31H2,1-3H3,(H,42,49)/t33-,34+,35+,36?,37?,38?,39?,41?/m0/s1. The lowest BCUT2D eigenvalue weighted by Gasteiger charge is -2.40. The van der Waals surface area contributed by atoms with E-state index < -0.39 is 61.5 Å². The van der Waals surface area contributed by atoms with E-state index in [0.717, 1.165) is 32.1 Å². The molecule has 10 heteroatoms. The third-order valence-corrected chi connectivity index (χ3v) is 10.00. The number of ether oxygens (including phenoxy) is 2. The molecule has 1 fully saturated rings. The van der Waals surface area contributed by atoms with Crippen LogP contribution in [0.15, 0.2) is 23.8 Å². The number of aliphatic hydroxyl groups excluding tert-OH is 6. The molecule has 7 N–H and O–H groups in total. The summed E-state index contributed by atoms with van der Waals surface area (Å²) in [6.45, 7) is 5.70. The molecule has 0 aromatic rings. The first-order valence-corrected chi connectivity index (χ1v) is 20.6. The number of hydrogen-bond acceptors (Lipinski definition) is 9. The molecular formula is C41H77NO9. The number of rotatable bonds is 32. The molecule has 0 aromatic carbocycles. The van der Waals surface area contributed by atoms with Crippen molar-refractivity contribution in [1.82, 2.24) is 5.32 Å². The minimum absolute atomic E-state index is 0.306. The van der Waals surface area contributed by atoms with Crippen molar-refractivity contribution < 1.29 is 44.9 Å². The second kappa shape index (κ2) is 31.0. The van der Waals surface area contributed by atoms with E-state index in [4.69, 9.17) is 9.47 Å². The molecule has 1 aliphatic heterocycles. The largest absolute Gasteiger partial charge is 0.394 e. The fraction of sp³-hybridized carbons (Fsp3) is 0.878. The SMILES string of the molecule is CCCCCCCCCCCCCC[C@@H](O)C(=O)N[C@@H](COC1OC(CO)C(O)C(O)C1O)[C@H](O)C=CCCC=C(C)CCCCCCCCC. The molecule has 0 saturated carbocycles. The first kappa shape index (κ1) is 47.7. The van der Waals surface area contributed by atoms with E-state index in [1.165, 1.54) is 102 Å². The van der Waals surface area contributed by atoms with Gasteiger partial charge in [-0.1, -0.05) is 153 Å². The zero-order chi connectivity index (χ0) is 37.7. The van der Waals surface area contributed by atoms with Crippen LogP contribution < -0.4 is 5.32 Å². The Bertz CT molecular complexity index is 898. The predicted molar refractivity (Wildman–Crippen MR) is 204 cm³/mol. The molecule has 1 amide bonds. The Labute approximate surface area is 310 Å². The molecule has 1 aliphatic rings. The summed E-state index contributed by atoms with van der Waals surface area (Å²) >= 11 is 0. The number of aliphatic hydroxyl groups is 6. The van der Waals surface area contributed by atoms with Gasteiger partial charge in [0.15, 0.2) is 6.29 Å². The number of amides is 1. The molecule has 1 rings (SSSR count). The van der Waals surface area contributed by atoms with Gasteiger partial charge in [0, 0.05) is 0 Å². The third kappa shape index (κ3) is 22.4. The molecule has 300 valence electrons. The normalized spacial score (nSPS) is 23.1. The lowest BCUT2D eigenvalue weighted by molar-refractivity contribution is -0.302. The van der Waals surface area contributed by atoms with Gasteiger partial charge in [-0.15, -0.1) is 0 Å². The van der Waals surface area contributed by atoms with Crippen LogP contribution in [0, 0.1) is 0 Å². The zero-order valence-corrected chi connectivity index (χ0v) is 32.4. The number of unbranched alkanes of at least 4 members (excludes halogenated alkanes) is 18. The van der Waals surface area contributed by atoms with Crippen molar-refractivity contribution >= 4 is 5.91 Å². The summed E-state index contributed by atoms with van der Waals surface area (Å²) in [6.07, 6.45) is 22.0. The fourth-order valence-electron chi connectivity index (χ4n) is 6.48. The topological polar surface area (TPSA) is 169 Å². The van der Waals surface area contributed by atoms with Crippen LogP contribution in [0.25, 0.3) is 0 Å². The first-order chi connectivity index (χ1) is 24.7. The van der Waals surface area contributed by atoms with Gasteiger partial charge in [0.05, 0.1) is 25.4 Å². The fourth-order valence-corrected chi connectivity index (χ4v) is 6.48. The summed E-state index contributed by atoms with van der Waals surface area (Å²) < 4.78 is 11.1. The van der Waals surface area contributed by atoms with Gasteiger partial charge in [0.1, 0.15) is 30.5 Å². The number of carbonyl (C=O) groups excluding carboxylic acids is 1. The highest BCUT2D eigenvalue weighted by molar-refractivity contribution is 5.80. The quantitative estimate of drug-likeness (QED) is 0.0301. The summed E-state index contributed by atoms with van der Waals surface area (Å²) in [6, 6.07) is -0.993. The van der Waals surface area contributed by atoms with Crippen molar-refractivity contribution in [2.24, 2.45) is 0 Å². The molecule has 0 aromatic heterocycles. The monoisotopic (exact) mass is 728 g/mol. The molecule has 5 unspecified atom stereocenters. The zero-order valence-electron chi connectivity index (χ0n) is 32.4. The Morgan fingerprint density at radius 2 is 1.27 bits per heavy atom. The Kier molecular flexibility index (Phi) is 29.0. The minimum Gasteiger partial charge on any atom is -0.394 e. The third-order valence-electron chi connectivity index (χ3n) is 10.00. The minimum atomic E-state index is -1.61. The van der Waals surface area contributed by atoms with Gasteiger partial charge >= 0.3 is 0 Å². The number of allylic oxidation sites excluding steroid dienone is 3. The van der Waals surface area contributed by atoms with E-state index in [2.05, 4.69) is 32.2 Å². The van der Waals surface area contributed by atoms with Gasteiger partial charge in [-0.2, -0.15) is 0 Å². The van der Waals surface area contributed by atoms with Crippen molar-refractivity contribution in [2.45, 2.75) is 217 Å². The predicted octanol–water partition coefficient (Wildman–Crippen LogP) is 6.52. The van der Waals surface area contributed by atoms with Gasteiger partial charge in [0.25, 0.3) is 0 Å². The van der Waals surface area contributed by atoms with Crippen LogP contribution in [-0.4, -0.2) is 98.7 Å². The molecular weight excluding hydrogens is 650 g/mol. The maximum absolute atomic E-state index is 13.0. The molecule has 51 heavy (non-hydrogen) atoms. The molecule has 0 radical (unpaired) electrons. The van der Waals surface area contributed by atoms with E-state index in [0.29, 0.717) is 19.3 Å². The smallest absolute Gasteiger partial charge is 0.249 e. The second-order valence-corrected chi connectivity index (χ2v) is 14.8. The van der Waals surface area contributed by atoms with E-state index in [1.54, 1.807) is 6.08 Å². The van der Waals surface area contributed by atoms with E-state index >= 15 is 0 Å². The highest BCUT2D eigenvalue weighted by Crippen LogP contribution is 2.22. The van der Waals surface area contributed by atoms with Gasteiger partial charge in [-0.3, -0.25) is 4.79 Å². The molecule has 10 nitrogen and oxygen atoms in total. The van der Waals surface area contributed by atoms with Gasteiger partial charge < -0.3 is 45.4 Å². The Balaban J connectivity index is 2.59. The van der Waals surface area contributed by atoms with Crippen LogP contribution >= 0.6 is 0 Å². The maximum atomic E-state index is 13.0. The Morgan fingerprint density at radius 1 is 0.745 bits per heavy atom. The van der Waals surface area contributed by atoms with Crippen LogP contribution in [0.1, 0.15) is 168 Å². The van der Waals surface area contributed by atoms with Crippen molar-refractivity contribution in [2.75, 3.05) is 13.2 Å². The summed E-state index contributed by atoms with van der Waals surface area (Å²) in [5.41, 5.74) is 1.36. The average Bonchev–Trinajstić information content (AvgIpc) is 3.12. The van der Waals surface area contributed by atoms with Crippen molar-refractivity contribution in [1.29, 1.82) is 0 Å². The maximum Gasteiger partial charge on any atom is 0.249 e. The van der Waals surface area contributed by atoms with Gasteiger partial charge in [0.2, 0.25) is 5.91 Å². The number of hydrogen-bond donors (Lipinski definition) is 7. The van der Waals surface area contributed by atoms with Crippen molar-refractivity contribution in [3.63, 3.8) is 0 Å². The first-order valence-electron chi connectivity index (χ1n) is 20.6. The molecule has 0 aliphatic carbocycles. The van der Waals surface area contributed by atoms with Crippen LogP contribution in [-0.2, 0) is 14.3 Å². The van der Waals surface area contributed by atoms with Crippen LogP contribution in [0.5, 0.6) is 0 Å².